The van der Waals surface area contributed by atoms with Crippen LogP contribution in [0.2, 0.25) is 0 Å². The first-order valence-electron chi connectivity index (χ1n) is 3.84. The lowest BCUT2D eigenvalue weighted by Gasteiger charge is -2.25. The maximum absolute atomic E-state index is 5.60. The van der Waals surface area contributed by atoms with Crippen LogP contribution >= 0.6 is 0 Å². The summed E-state index contributed by atoms with van der Waals surface area (Å²) in [7, 11) is 1.68. The van der Waals surface area contributed by atoms with Gasteiger partial charge in [-0.05, 0) is 18.6 Å². The molecule has 0 unspecified atom stereocenters. The fourth-order valence-corrected chi connectivity index (χ4v) is 1.06. The monoisotopic (exact) mass is 153 g/mol. The lowest BCUT2D eigenvalue weighted by atomic mass is 9.84. The van der Waals surface area contributed by atoms with Crippen LogP contribution in [0, 0.1) is 5.41 Å². The van der Waals surface area contributed by atoms with E-state index in [2.05, 4.69) is 19.1 Å². The summed E-state index contributed by atoms with van der Waals surface area (Å²) < 4.78 is 5.06. The lowest BCUT2D eigenvalue weighted by Crippen LogP contribution is -2.25. The third-order valence-corrected chi connectivity index (χ3v) is 2.12. The second-order valence-electron chi connectivity index (χ2n) is 3.21. The molecule has 0 saturated heterocycles. The molecule has 0 saturated carbocycles. The van der Waals surface area contributed by atoms with Gasteiger partial charge in [0.25, 0.3) is 0 Å². The molecule has 0 fully saturated rings. The zero-order valence-corrected chi connectivity index (χ0v) is 7.13. The van der Waals surface area contributed by atoms with Crippen molar-refractivity contribution in [3.63, 3.8) is 0 Å². The Kier molecular flexibility index (Phi) is 2.35. The number of nitrogens with two attached hydrogens (primary N) is 1. The molecule has 0 heterocycles. The quantitative estimate of drug-likeness (QED) is 0.651. The largest absolute Gasteiger partial charge is 0.497 e. The van der Waals surface area contributed by atoms with Gasteiger partial charge in [0.1, 0.15) is 5.76 Å². The van der Waals surface area contributed by atoms with Crippen LogP contribution in [0.4, 0.5) is 0 Å². The highest BCUT2D eigenvalue weighted by Crippen LogP contribution is 2.27. The zero-order valence-electron chi connectivity index (χ0n) is 7.13. The molecule has 1 atom stereocenters. The second-order valence-corrected chi connectivity index (χ2v) is 3.21. The number of hydrogen-bond acceptors (Lipinski definition) is 2. The predicted molar refractivity (Wildman–Crippen MR) is 46.0 cm³/mol. The van der Waals surface area contributed by atoms with E-state index in [1.807, 2.05) is 6.08 Å². The molecule has 0 radical (unpaired) electrons. The molecule has 1 aliphatic carbocycles. The number of ether oxygens (including phenoxy) is 1. The van der Waals surface area contributed by atoms with E-state index in [0.717, 1.165) is 12.2 Å². The van der Waals surface area contributed by atoms with E-state index in [1.165, 1.54) is 0 Å². The fourth-order valence-electron chi connectivity index (χ4n) is 1.06. The first-order chi connectivity index (χ1) is 5.20. The number of methoxy groups -OCH3 is 1. The number of hydrogen-bond donors (Lipinski definition) is 1. The van der Waals surface area contributed by atoms with Crippen LogP contribution < -0.4 is 5.73 Å². The Morgan fingerprint density at radius 1 is 1.73 bits per heavy atom. The Morgan fingerprint density at radius 3 is 2.82 bits per heavy atom. The Balaban J connectivity index is 2.63. The smallest absolute Gasteiger partial charge is 0.114 e. The van der Waals surface area contributed by atoms with Gasteiger partial charge in [-0.1, -0.05) is 13.0 Å². The molecule has 2 N–H and O–H groups in total. The van der Waals surface area contributed by atoms with Gasteiger partial charge < -0.3 is 10.5 Å². The molecular formula is C9H15NO. The summed E-state index contributed by atoms with van der Waals surface area (Å²) in [6.07, 6.45) is 7.15. The molecular weight excluding hydrogens is 138 g/mol. The standard InChI is InChI=1S/C9H15NO/c1-9(7-10)5-3-8(11-2)4-6-9/h3-5H,6-7,10H2,1-2H3/t9-/m0/s1. The van der Waals surface area contributed by atoms with Crippen LogP contribution in [-0.4, -0.2) is 13.7 Å². The maximum atomic E-state index is 5.60. The van der Waals surface area contributed by atoms with E-state index in [4.69, 9.17) is 10.5 Å². The number of allylic oxidation sites excluding steroid dienone is 2. The summed E-state index contributed by atoms with van der Waals surface area (Å²) in [5.41, 5.74) is 5.74. The van der Waals surface area contributed by atoms with Crippen molar-refractivity contribution in [3.8, 4) is 0 Å². The van der Waals surface area contributed by atoms with Gasteiger partial charge in [-0.25, -0.2) is 0 Å². The summed E-state index contributed by atoms with van der Waals surface area (Å²) in [6, 6.07) is 0. The van der Waals surface area contributed by atoms with E-state index >= 15 is 0 Å². The molecule has 11 heavy (non-hydrogen) atoms. The van der Waals surface area contributed by atoms with Crippen LogP contribution in [-0.2, 0) is 4.74 Å². The first-order valence-corrected chi connectivity index (χ1v) is 3.84. The van der Waals surface area contributed by atoms with Crippen molar-refractivity contribution < 1.29 is 4.74 Å². The first kappa shape index (κ1) is 8.34. The van der Waals surface area contributed by atoms with Crippen LogP contribution in [0.25, 0.3) is 0 Å². The minimum absolute atomic E-state index is 0.141. The summed E-state index contributed by atoms with van der Waals surface area (Å²) in [5.74, 6) is 0.941. The molecule has 0 aromatic rings. The van der Waals surface area contributed by atoms with Crippen molar-refractivity contribution in [1.82, 2.24) is 0 Å². The normalized spacial score (nSPS) is 29.9. The summed E-state index contributed by atoms with van der Waals surface area (Å²) in [5, 5.41) is 0. The average Bonchev–Trinajstić information content (AvgIpc) is 2.06. The molecule has 1 aliphatic rings. The van der Waals surface area contributed by atoms with Crippen molar-refractivity contribution >= 4 is 0 Å². The van der Waals surface area contributed by atoms with E-state index < -0.39 is 0 Å². The van der Waals surface area contributed by atoms with E-state index in [9.17, 15) is 0 Å². The highest BCUT2D eigenvalue weighted by Gasteiger charge is 2.20. The van der Waals surface area contributed by atoms with Crippen LogP contribution in [0.1, 0.15) is 13.3 Å². The molecule has 1 rings (SSSR count). The Labute approximate surface area is 67.7 Å². The molecule has 0 aromatic heterocycles. The molecule has 2 nitrogen and oxygen atoms in total. The van der Waals surface area contributed by atoms with Crippen LogP contribution in [0.3, 0.4) is 0 Å². The molecule has 2 heteroatoms. The maximum Gasteiger partial charge on any atom is 0.114 e. The van der Waals surface area contributed by atoms with Gasteiger partial charge in [0.05, 0.1) is 7.11 Å². The van der Waals surface area contributed by atoms with Crippen molar-refractivity contribution in [2.75, 3.05) is 13.7 Å². The predicted octanol–water partition coefficient (Wildman–Crippen LogP) is 1.44. The van der Waals surface area contributed by atoms with Gasteiger partial charge in [0, 0.05) is 12.0 Å². The molecule has 0 bridgehead atoms. The van der Waals surface area contributed by atoms with Gasteiger partial charge in [0.15, 0.2) is 0 Å². The Bertz CT molecular complexity index is 196. The van der Waals surface area contributed by atoms with Crippen molar-refractivity contribution in [1.29, 1.82) is 0 Å². The third-order valence-electron chi connectivity index (χ3n) is 2.12. The van der Waals surface area contributed by atoms with Gasteiger partial charge >= 0.3 is 0 Å². The molecule has 0 spiro atoms. The van der Waals surface area contributed by atoms with Gasteiger partial charge in [-0.15, -0.1) is 0 Å². The molecule has 0 aliphatic heterocycles. The molecule has 0 aromatic carbocycles. The molecule has 0 amide bonds. The Morgan fingerprint density at radius 2 is 2.45 bits per heavy atom. The molecule has 62 valence electrons. The van der Waals surface area contributed by atoms with Crippen LogP contribution in [0.5, 0.6) is 0 Å². The van der Waals surface area contributed by atoms with Crippen molar-refractivity contribution in [3.05, 3.63) is 24.0 Å². The van der Waals surface area contributed by atoms with Gasteiger partial charge in [-0.3, -0.25) is 0 Å². The summed E-state index contributed by atoms with van der Waals surface area (Å²) in [4.78, 5) is 0. The minimum atomic E-state index is 0.141. The second kappa shape index (κ2) is 3.09. The third kappa shape index (κ3) is 1.84. The Hall–Kier alpha value is -0.760. The SMILES string of the molecule is COC1=CC[C@@](C)(CN)C=C1. The average molecular weight is 153 g/mol. The van der Waals surface area contributed by atoms with Crippen molar-refractivity contribution in [2.24, 2.45) is 11.1 Å². The van der Waals surface area contributed by atoms with Gasteiger partial charge in [-0.2, -0.15) is 0 Å². The van der Waals surface area contributed by atoms with E-state index in [1.54, 1.807) is 7.11 Å². The minimum Gasteiger partial charge on any atom is -0.497 e. The van der Waals surface area contributed by atoms with Crippen LogP contribution in [0.15, 0.2) is 24.0 Å². The highest BCUT2D eigenvalue weighted by atomic mass is 16.5. The van der Waals surface area contributed by atoms with E-state index in [-0.39, 0.29) is 5.41 Å². The topological polar surface area (TPSA) is 35.2 Å². The van der Waals surface area contributed by atoms with E-state index in [0.29, 0.717) is 6.54 Å². The fraction of sp³-hybridized carbons (Fsp3) is 0.556. The van der Waals surface area contributed by atoms with Crippen molar-refractivity contribution in [2.45, 2.75) is 13.3 Å². The number of rotatable bonds is 2. The highest BCUT2D eigenvalue weighted by molar-refractivity contribution is 5.21. The van der Waals surface area contributed by atoms with Gasteiger partial charge in [0.2, 0.25) is 0 Å². The summed E-state index contributed by atoms with van der Waals surface area (Å²) >= 11 is 0. The zero-order chi connectivity index (χ0) is 8.32. The summed E-state index contributed by atoms with van der Waals surface area (Å²) in [6.45, 7) is 2.84. The lowest BCUT2D eigenvalue weighted by molar-refractivity contribution is 0.295.